The summed E-state index contributed by atoms with van der Waals surface area (Å²) in [6.07, 6.45) is 0. The molecule has 3 aromatic heterocycles. The highest BCUT2D eigenvalue weighted by Gasteiger charge is 2.32. The number of aryl methyl sites for hydroxylation is 2. The third-order valence-electron chi connectivity index (χ3n) is 3.98. The molecular weight excluding hydrogens is 354 g/mol. The molecule has 26 heavy (non-hydrogen) atoms. The number of methoxy groups -OCH3 is 1. The molecule has 3 rings (SSSR count). The second-order valence-corrected chi connectivity index (χ2v) is 7.77. The summed E-state index contributed by atoms with van der Waals surface area (Å²) in [6, 6.07) is 5.62. The summed E-state index contributed by atoms with van der Waals surface area (Å²) in [5.41, 5.74) is 0.640. The topological polar surface area (TPSA) is 94.3 Å². The molecule has 0 atom stereocenters. The molecule has 0 aliphatic carbocycles. The van der Waals surface area contributed by atoms with Crippen molar-refractivity contribution in [3.8, 4) is 10.6 Å². The van der Waals surface area contributed by atoms with Crippen molar-refractivity contribution in [3.05, 3.63) is 34.3 Å². The van der Waals surface area contributed by atoms with Gasteiger partial charge in [0, 0.05) is 4.88 Å². The van der Waals surface area contributed by atoms with Gasteiger partial charge >= 0.3 is 5.97 Å². The van der Waals surface area contributed by atoms with E-state index in [0.29, 0.717) is 22.3 Å². The summed E-state index contributed by atoms with van der Waals surface area (Å²) in [4.78, 5) is 31.3. The van der Waals surface area contributed by atoms with Gasteiger partial charge in [-0.25, -0.2) is 9.78 Å². The van der Waals surface area contributed by atoms with Gasteiger partial charge < -0.3 is 14.6 Å². The van der Waals surface area contributed by atoms with Crippen molar-refractivity contribution in [3.63, 3.8) is 0 Å². The van der Waals surface area contributed by atoms with Gasteiger partial charge in [0.1, 0.15) is 5.54 Å². The van der Waals surface area contributed by atoms with Gasteiger partial charge in [-0.2, -0.15) is 0 Å². The van der Waals surface area contributed by atoms with Crippen LogP contribution in [0.2, 0.25) is 0 Å². The van der Waals surface area contributed by atoms with E-state index in [0.717, 1.165) is 9.75 Å². The largest absolute Gasteiger partial charge is 0.467 e. The van der Waals surface area contributed by atoms with Crippen LogP contribution in [0.25, 0.3) is 21.7 Å². The van der Waals surface area contributed by atoms with E-state index in [4.69, 9.17) is 9.26 Å². The molecule has 0 saturated heterocycles. The van der Waals surface area contributed by atoms with E-state index in [2.05, 4.69) is 15.5 Å². The summed E-state index contributed by atoms with van der Waals surface area (Å²) in [7, 11) is 1.28. The van der Waals surface area contributed by atoms with Crippen molar-refractivity contribution in [1.82, 2.24) is 15.5 Å². The number of hydrogen-bond acceptors (Lipinski definition) is 7. The Balaban J connectivity index is 2.10. The highest BCUT2D eigenvalue weighted by atomic mass is 32.1. The van der Waals surface area contributed by atoms with E-state index >= 15 is 0 Å². The number of carbonyl (C=O) groups excluding carboxylic acids is 2. The standard InChI is InChI=1S/C18H19N3O4S/c1-9-6-7-13(26-9)12-8-11(14-10(2)21-25-16(14)19-12)15(22)20-18(3,4)17(23)24-5/h6-8H,1-5H3,(H,20,22). The van der Waals surface area contributed by atoms with E-state index in [9.17, 15) is 9.59 Å². The number of amides is 1. The highest BCUT2D eigenvalue weighted by Crippen LogP contribution is 2.31. The molecule has 0 aromatic carbocycles. The molecule has 7 nitrogen and oxygen atoms in total. The Morgan fingerprint density at radius 1 is 1.27 bits per heavy atom. The first-order chi connectivity index (χ1) is 12.2. The molecule has 0 radical (unpaired) electrons. The highest BCUT2D eigenvalue weighted by molar-refractivity contribution is 7.15. The molecule has 1 amide bonds. The molecule has 1 N–H and O–H groups in total. The van der Waals surface area contributed by atoms with Crippen molar-refractivity contribution in [2.75, 3.05) is 7.11 Å². The number of fused-ring (bicyclic) bond motifs is 1. The van der Waals surface area contributed by atoms with E-state index in [1.165, 1.54) is 7.11 Å². The molecule has 0 aliphatic rings. The van der Waals surface area contributed by atoms with Gasteiger partial charge in [-0.15, -0.1) is 11.3 Å². The monoisotopic (exact) mass is 373 g/mol. The third kappa shape index (κ3) is 3.20. The van der Waals surface area contributed by atoms with Crippen molar-refractivity contribution >= 4 is 34.3 Å². The van der Waals surface area contributed by atoms with Crippen molar-refractivity contribution in [2.45, 2.75) is 33.2 Å². The summed E-state index contributed by atoms with van der Waals surface area (Å²) >= 11 is 1.57. The quantitative estimate of drug-likeness (QED) is 0.706. The predicted molar refractivity (Wildman–Crippen MR) is 98.2 cm³/mol. The van der Waals surface area contributed by atoms with Crippen LogP contribution in [-0.2, 0) is 9.53 Å². The first-order valence-corrected chi connectivity index (χ1v) is 8.79. The fourth-order valence-corrected chi connectivity index (χ4v) is 3.46. The first kappa shape index (κ1) is 18.1. The Hall–Kier alpha value is -2.74. The number of nitrogens with one attached hydrogen (secondary N) is 1. The van der Waals surface area contributed by atoms with Crippen LogP contribution < -0.4 is 5.32 Å². The molecule has 0 saturated carbocycles. The summed E-state index contributed by atoms with van der Waals surface area (Å²) < 4.78 is 10.0. The average Bonchev–Trinajstić information content (AvgIpc) is 3.19. The number of carbonyl (C=O) groups is 2. The molecule has 0 spiro atoms. The number of thiophene rings is 1. The molecule has 0 aliphatic heterocycles. The zero-order chi connectivity index (χ0) is 19.1. The molecule has 8 heteroatoms. The van der Waals surface area contributed by atoms with Crippen LogP contribution in [0.4, 0.5) is 0 Å². The van der Waals surface area contributed by atoms with Gasteiger partial charge in [0.2, 0.25) is 0 Å². The molecule has 136 valence electrons. The minimum Gasteiger partial charge on any atom is -0.467 e. The molecular formula is C18H19N3O4S. The Kier molecular flexibility index (Phi) is 4.53. The average molecular weight is 373 g/mol. The molecule has 0 bridgehead atoms. The fraction of sp³-hybridized carbons (Fsp3) is 0.333. The summed E-state index contributed by atoms with van der Waals surface area (Å²) in [6.45, 7) is 6.90. The van der Waals surface area contributed by atoms with Crippen LogP contribution in [-0.4, -0.2) is 34.7 Å². The summed E-state index contributed by atoms with van der Waals surface area (Å²) in [5, 5.41) is 7.16. The molecule has 0 unspecified atom stereocenters. The maximum absolute atomic E-state index is 12.9. The van der Waals surface area contributed by atoms with E-state index in [1.807, 2.05) is 19.1 Å². The van der Waals surface area contributed by atoms with Crippen LogP contribution in [0, 0.1) is 13.8 Å². The third-order valence-corrected chi connectivity index (χ3v) is 5.00. The van der Waals surface area contributed by atoms with Gasteiger partial charge in [-0.05, 0) is 45.9 Å². The van der Waals surface area contributed by atoms with Crippen molar-refractivity contribution in [1.29, 1.82) is 0 Å². The maximum atomic E-state index is 12.9. The minimum atomic E-state index is -1.17. The van der Waals surface area contributed by atoms with Gasteiger partial charge in [0.05, 0.1) is 34.3 Å². The van der Waals surface area contributed by atoms with Crippen molar-refractivity contribution < 1.29 is 18.8 Å². The second-order valence-electron chi connectivity index (χ2n) is 6.48. The number of esters is 1. The van der Waals surface area contributed by atoms with Crippen LogP contribution in [0.15, 0.2) is 22.7 Å². The fourth-order valence-electron chi connectivity index (χ4n) is 2.63. The number of hydrogen-bond donors (Lipinski definition) is 1. The van der Waals surface area contributed by atoms with E-state index < -0.39 is 17.4 Å². The maximum Gasteiger partial charge on any atom is 0.330 e. The number of aromatic nitrogens is 2. The summed E-state index contributed by atoms with van der Waals surface area (Å²) in [5.74, 6) is -0.957. The Morgan fingerprint density at radius 2 is 2.00 bits per heavy atom. The van der Waals surface area contributed by atoms with Gasteiger partial charge in [-0.1, -0.05) is 5.16 Å². The normalized spacial score (nSPS) is 11.6. The molecule has 3 heterocycles. The lowest BCUT2D eigenvalue weighted by Crippen LogP contribution is -2.50. The van der Waals surface area contributed by atoms with Crippen LogP contribution >= 0.6 is 11.3 Å². The van der Waals surface area contributed by atoms with Crippen LogP contribution in [0.5, 0.6) is 0 Å². The van der Waals surface area contributed by atoms with Gasteiger partial charge in [0.25, 0.3) is 11.6 Å². The van der Waals surface area contributed by atoms with Crippen LogP contribution in [0.1, 0.15) is 34.8 Å². The predicted octanol–water partition coefficient (Wildman–Crippen LogP) is 3.25. The number of nitrogens with zero attached hydrogens (tertiary/aromatic N) is 2. The molecule has 3 aromatic rings. The lowest BCUT2D eigenvalue weighted by atomic mass is 10.0. The minimum absolute atomic E-state index is 0.284. The Labute approximate surface area is 154 Å². The first-order valence-electron chi connectivity index (χ1n) is 7.97. The van der Waals surface area contributed by atoms with Gasteiger partial charge in [0.15, 0.2) is 0 Å². The smallest absolute Gasteiger partial charge is 0.330 e. The zero-order valence-corrected chi connectivity index (χ0v) is 16.0. The number of pyridine rings is 1. The van der Waals surface area contributed by atoms with E-state index in [-0.39, 0.29) is 5.71 Å². The van der Waals surface area contributed by atoms with Gasteiger partial charge in [-0.3, -0.25) is 4.79 Å². The SMILES string of the molecule is COC(=O)C(C)(C)NC(=O)c1cc(-c2ccc(C)s2)nc2onc(C)c12. The second kappa shape index (κ2) is 6.53. The van der Waals surface area contributed by atoms with Crippen molar-refractivity contribution in [2.24, 2.45) is 0 Å². The Bertz CT molecular complexity index is 1000. The lowest BCUT2D eigenvalue weighted by molar-refractivity contribution is -0.146. The van der Waals surface area contributed by atoms with E-state index in [1.54, 1.807) is 38.2 Å². The van der Waals surface area contributed by atoms with Crippen LogP contribution in [0.3, 0.4) is 0 Å². The lowest BCUT2D eigenvalue weighted by Gasteiger charge is -2.23. The molecule has 0 fully saturated rings. The zero-order valence-electron chi connectivity index (χ0n) is 15.2. The number of ether oxygens (including phenoxy) is 1. The Morgan fingerprint density at radius 3 is 2.62 bits per heavy atom. The number of rotatable bonds is 4.